The molecule has 1 aromatic heterocycles. The fraction of sp³-hybridized carbons (Fsp3) is 0.727. The van der Waals surface area contributed by atoms with E-state index in [-0.39, 0.29) is 5.92 Å². The molecule has 100 valence electrons. The molecule has 1 aliphatic heterocycles. The largest absolute Gasteiger partial charge is 0.480 e. The van der Waals surface area contributed by atoms with Gasteiger partial charge < -0.3 is 14.9 Å². The molecule has 1 aliphatic rings. The number of ether oxygens (including phenoxy) is 1. The predicted molar refractivity (Wildman–Crippen MR) is 61.3 cm³/mol. The lowest BCUT2D eigenvalue weighted by Crippen LogP contribution is -2.32. The highest BCUT2D eigenvalue weighted by Gasteiger charge is 2.33. The van der Waals surface area contributed by atoms with Crippen LogP contribution in [0.3, 0.4) is 0 Å². The quantitative estimate of drug-likeness (QED) is 0.791. The summed E-state index contributed by atoms with van der Waals surface area (Å²) >= 11 is 0. The average Bonchev–Trinajstić information content (AvgIpc) is 2.88. The van der Waals surface area contributed by atoms with Crippen LogP contribution >= 0.6 is 0 Å². The van der Waals surface area contributed by atoms with Gasteiger partial charge >= 0.3 is 5.97 Å². The van der Waals surface area contributed by atoms with Crippen LogP contribution in [0, 0.1) is 6.92 Å². The van der Waals surface area contributed by atoms with Crippen molar-refractivity contribution in [1.29, 1.82) is 0 Å². The number of aliphatic hydroxyl groups excluding tert-OH is 1. The zero-order valence-corrected chi connectivity index (χ0v) is 10.4. The fourth-order valence-corrected chi connectivity index (χ4v) is 2.28. The molecule has 0 radical (unpaired) electrons. The first-order valence-corrected chi connectivity index (χ1v) is 5.92. The molecule has 0 aromatic carbocycles. The zero-order chi connectivity index (χ0) is 13.3. The topological polar surface area (TPSA) is 97.5 Å². The van der Waals surface area contributed by atoms with E-state index in [4.69, 9.17) is 4.74 Å². The van der Waals surface area contributed by atoms with E-state index < -0.39 is 18.1 Å². The minimum absolute atomic E-state index is 0.0480. The van der Waals surface area contributed by atoms with Crippen molar-refractivity contribution >= 4 is 5.97 Å². The molecule has 0 bridgehead atoms. The SMILES string of the molecule is Cc1nnc(C2CCOC2)n1C(C(=O)O)C(C)O. The Balaban J connectivity index is 2.41. The number of aliphatic hydroxyl groups is 1. The Kier molecular flexibility index (Phi) is 3.63. The number of hydrogen-bond acceptors (Lipinski definition) is 5. The molecule has 0 aliphatic carbocycles. The van der Waals surface area contributed by atoms with Gasteiger partial charge in [-0.25, -0.2) is 4.79 Å². The Morgan fingerprint density at radius 3 is 2.78 bits per heavy atom. The summed E-state index contributed by atoms with van der Waals surface area (Å²) in [6.07, 6.45) is -0.220. The first kappa shape index (κ1) is 13.0. The lowest BCUT2D eigenvalue weighted by molar-refractivity contribution is -0.144. The van der Waals surface area contributed by atoms with Gasteiger partial charge in [0.15, 0.2) is 6.04 Å². The second-order valence-electron chi connectivity index (χ2n) is 4.56. The van der Waals surface area contributed by atoms with E-state index in [1.165, 1.54) is 11.5 Å². The number of nitrogens with zero attached hydrogens (tertiary/aromatic N) is 3. The van der Waals surface area contributed by atoms with Crippen LogP contribution < -0.4 is 0 Å². The molecule has 2 heterocycles. The number of aryl methyl sites for hydroxylation is 1. The van der Waals surface area contributed by atoms with E-state index in [2.05, 4.69) is 10.2 Å². The fourth-order valence-electron chi connectivity index (χ4n) is 2.28. The lowest BCUT2D eigenvalue weighted by Gasteiger charge is -2.21. The molecular weight excluding hydrogens is 238 g/mol. The monoisotopic (exact) mass is 255 g/mol. The van der Waals surface area contributed by atoms with E-state index >= 15 is 0 Å². The van der Waals surface area contributed by atoms with Gasteiger partial charge in [-0.2, -0.15) is 0 Å². The van der Waals surface area contributed by atoms with Crippen LogP contribution in [0.5, 0.6) is 0 Å². The van der Waals surface area contributed by atoms with Gasteiger partial charge in [0, 0.05) is 12.5 Å². The molecule has 18 heavy (non-hydrogen) atoms. The van der Waals surface area contributed by atoms with Crippen molar-refractivity contribution in [2.75, 3.05) is 13.2 Å². The summed E-state index contributed by atoms with van der Waals surface area (Å²) < 4.78 is 6.79. The first-order valence-electron chi connectivity index (χ1n) is 5.92. The minimum Gasteiger partial charge on any atom is -0.480 e. The highest BCUT2D eigenvalue weighted by Crippen LogP contribution is 2.27. The third kappa shape index (κ3) is 2.23. The molecule has 0 spiro atoms. The highest BCUT2D eigenvalue weighted by molar-refractivity contribution is 5.72. The van der Waals surface area contributed by atoms with Crippen molar-refractivity contribution < 1.29 is 19.7 Å². The van der Waals surface area contributed by atoms with Crippen LogP contribution in [0.25, 0.3) is 0 Å². The van der Waals surface area contributed by atoms with Crippen molar-refractivity contribution in [3.8, 4) is 0 Å². The summed E-state index contributed by atoms with van der Waals surface area (Å²) in [4.78, 5) is 11.3. The Morgan fingerprint density at radius 2 is 2.28 bits per heavy atom. The molecule has 2 rings (SSSR count). The third-order valence-electron chi connectivity index (χ3n) is 3.18. The minimum atomic E-state index is -1.09. The van der Waals surface area contributed by atoms with Crippen LogP contribution in [0.1, 0.15) is 37.0 Å². The van der Waals surface area contributed by atoms with Gasteiger partial charge in [0.1, 0.15) is 11.6 Å². The Hall–Kier alpha value is -1.47. The van der Waals surface area contributed by atoms with Gasteiger partial charge in [-0.15, -0.1) is 10.2 Å². The van der Waals surface area contributed by atoms with E-state index in [0.717, 1.165) is 6.42 Å². The number of aromatic nitrogens is 3. The Bertz CT molecular complexity index is 437. The Morgan fingerprint density at radius 1 is 1.56 bits per heavy atom. The number of aliphatic carboxylic acids is 1. The molecule has 7 heteroatoms. The van der Waals surface area contributed by atoms with Gasteiger partial charge in [0.25, 0.3) is 0 Å². The summed E-state index contributed by atoms with van der Waals surface area (Å²) in [5.41, 5.74) is 0. The summed E-state index contributed by atoms with van der Waals surface area (Å²) in [7, 11) is 0. The molecule has 2 N–H and O–H groups in total. The van der Waals surface area contributed by atoms with E-state index in [1.54, 1.807) is 6.92 Å². The number of hydrogen-bond donors (Lipinski definition) is 2. The van der Waals surface area contributed by atoms with Gasteiger partial charge in [0.05, 0.1) is 12.7 Å². The standard InChI is InChI=1S/C11H17N3O4/c1-6(15)9(11(16)17)14-7(2)12-13-10(14)8-3-4-18-5-8/h6,8-9,15H,3-5H2,1-2H3,(H,16,17). The molecule has 3 unspecified atom stereocenters. The van der Waals surface area contributed by atoms with E-state index in [0.29, 0.717) is 24.9 Å². The molecule has 1 aromatic rings. The molecular formula is C11H17N3O4. The van der Waals surface area contributed by atoms with Gasteiger partial charge in [-0.05, 0) is 20.3 Å². The van der Waals surface area contributed by atoms with Crippen molar-refractivity contribution in [2.45, 2.75) is 38.3 Å². The van der Waals surface area contributed by atoms with Gasteiger partial charge in [0.2, 0.25) is 0 Å². The number of rotatable bonds is 4. The van der Waals surface area contributed by atoms with Crippen molar-refractivity contribution in [3.63, 3.8) is 0 Å². The maximum absolute atomic E-state index is 11.3. The van der Waals surface area contributed by atoms with E-state index in [1.807, 2.05) is 0 Å². The van der Waals surface area contributed by atoms with Gasteiger partial charge in [-0.3, -0.25) is 4.57 Å². The first-order chi connectivity index (χ1) is 8.52. The molecule has 1 saturated heterocycles. The summed E-state index contributed by atoms with van der Waals surface area (Å²) in [6.45, 7) is 4.30. The van der Waals surface area contributed by atoms with Crippen LogP contribution in [-0.2, 0) is 9.53 Å². The second-order valence-corrected chi connectivity index (χ2v) is 4.56. The molecule has 0 saturated carbocycles. The van der Waals surface area contributed by atoms with Crippen LogP contribution in [0.4, 0.5) is 0 Å². The van der Waals surface area contributed by atoms with Crippen LogP contribution in [0.2, 0.25) is 0 Å². The predicted octanol–water partition coefficient (Wildman–Crippen LogP) is 0.0969. The number of carboxylic acids is 1. The number of carboxylic acid groups (broad SMARTS) is 1. The molecule has 3 atom stereocenters. The smallest absolute Gasteiger partial charge is 0.329 e. The van der Waals surface area contributed by atoms with Crippen molar-refractivity contribution in [1.82, 2.24) is 14.8 Å². The normalized spacial score (nSPS) is 22.9. The summed E-state index contributed by atoms with van der Waals surface area (Å²) in [5.74, 6) is 0.0309. The van der Waals surface area contributed by atoms with Crippen LogP contribution in [0.15, 0.2) is 0 Å². The summed E-state index contributed by atoms with van der Waals surface area (Å²) in [6, 6.07) is -1.06. The van der Waals surface area contributed by atoms with Gasteiger partial charge in [-0.1, -0.05) is 0 Å². The Labute approximate surface area is 104 Å². The second kappa shape index (κ2) is 5.03. The van der Waals surface area contributed by atoms with Crippen molar-refractivity contribution in [2.24, 2.45) is 0 Å². The van der Waals surface area contributed by atoms with Crippen molar-refractivity contribution in [3.05, 3.63) is 11.6 Å². The molecule has 1 fully saturated rings. The van der Waals surface area contributed by atoms with Crippen LogP contribution in [-0.4, -0.2) is 50.3 Å². The number of carbonyl (C=O) groups is 1. The molecule has 0 amide bonds. The molecule has 7 nitrogen and oxygen atoms in total. The summed E-state index contributed by atoms with van der Waals surface area (Å²) in [5, 5.41) is 26.9. The maximum Gasteiger partial charge on any atom is 0.329 e. The third-order valence-corrected chi connectivity index (χ3v) is 3.18. The average molecular weight is 255 g/mol. The maximum atomic E-state index is 11.3. The highest BCUT2D eigenvalue weighted by atomic mass is 16.5. The zero-order valence-electron chi connectivity index (χ0n) is 10.4. The lowest BCUT2D eigenvalue weighted by atomic mass is 10.1. The van der Waals surface area contributed by atoms with E-state index in [9.17, 15) is 15.0 Å².